The van der Waals surface area contributed by atoms with Crippen molar-refractivity contribution in [3.63, 3.8) is 0 Å². The van der Waals surface area contributed by atoms with Crippen LogP contribution in [-0.2, 0) is 15.0 Å². The Morgan fingerprint density at radius 1 is 1.35 bits per heavy atom. The van der Waals surface area contributed by atoms with Crippen LogP contribution >= 0.6 is 11.8 Å². The highest BCUT2D eigenvalue weighted by Crippen LogP contribution is 2.24. The molecule has 1 heterocycles. The maximum atomic E-state index is 12.7. The number of hydrogen-bond acceptors (Lipinski definition) is 4. The molecular formula is C12H24N2O4S2. The van der Waals surface area contributed by atoms with Gasteiger partial charge in [0, 0.05) is 37.2 Å². The Labute approximate surface area is 125 Å². The van der Waals surface area contributed by atoms with Crippen LogP contribution in [0.5, 0.6) is 0 Å². The number of nitrogens with zero attached hydrogens (tertiary/aromatic N) is 2. The van der Waals surface area contributed by atoms with Gasteiger partial charge in [0.25, 0.3) is 10.2 Å². The molecule has 1 aliphatic heterocycles. The molecule has 1 fully saturated rings. The predicted molar refractivity (Wildman–Crippen MR) is 81.1 cm³/mol. The first-order valence-corrected chi connectivity index (χ1v) is 9.55. The second kappa shape index (κ2) is 8.21. The molecule has 20 heavy (non-hydrogen) atoms. The molecule has 0 aromatic carbocycles. The van der Waals surface area contributed by atoms with Crippen molar-refractivity contribution in [1.29, 1.82) is 0 Å². The number of carboxylic acid groups (broad SMARTS) is 1. The van der Waals surface area contributed by atoms with Gasteiger partial charge in [0.15, 0.2) is 0 Å². The van der Waals surface area contributed by atoms with E-state index in [0.29, 0.717) is 25.4 Å². The van der Waals surface area contributed by atoms with E-state index in [0.717, 1.165) is 18.6 Å². The number of thioether (sulfide) groups is 1. The van der Waals surface area contributed by atoms with Crippen LogP contribution in [0.4, 0.5) is 0 Å². The van der Waals surface area contributed by atoms with E-state index in [4.69, 9.17) is 5.11 Å². The summed E-state index contributed by atoms with van der Waals surface area (Å²) in [5, 5.41) is 8.95. The van der Waals surface area contributed by atoms with E-state index in [2.05, 4.69) is 0 Å². The zero-order valence-corrected chi connectivity index (χ0v) is 13.8. The molecule has 0 aliphatic carbocycles. The van der Waals surface area contributed by atoms with Gasteiger partial charge < -0.3 is 5.11 Å². The summed E-state index contributed by atoms with van der Waals surface area (Å²) in [5.41, 5.74) is 0. The number of aliphatic carboxylic acids is 1. The molecule has 6 nitrogen and oxygen atoms in total. The molecule has 0 radical (unpaired) electrons. The minimum Gasteiger partial charge on any atom is -0.481 e. The highest BCUT2D eigenvalue weighted by Gasteiger charge is 2.37. The third-order valence-corrected chi connectivity index (χ3v) is 6.34. The predicted octanol–water partition coefficient (Wildman–Crippen LogP) is 1.25. The Bertz CT molecular complexity index is 408. The Morgan fingerprint density at radius 3 is 2.45 bits per heavy atom. The smallest absolute Gasteiger partial charge is 0.305 e. The molecule has 1 rings (SSSR count). The van der Waals surface area contributed by atoms with Crippen LogP contribution in [0.1, 0.15) is 33.1 Å². The highest BCUT2D eigenvalue weighted by atomic mass is 32.2. The van der Waals surface area contributed by atoms with E-state index < -0.39 is 22.2 Å². The van der Waals surface area contributed by atoms with Crippen molar-refractivity contribution in [2.45, 2.75) is 39.2 Å². The largest absolute Gasteiger partial charge is 0.481 e. The van der Waals surface area contributed by atoms with Crippen molar-refractivity contribution < 1.29 is 18.3 Å². The van der Waals surface area contributed by atoms with Gasteiger partial charge in [-0.05, 0) is 12.8 Å². The monoisotopic (exact) mass is 324 g/mol. The summed E-state index contributed by atoms with van der Waals surface area (Å²) in [7, 11) is -3.55. The second-order valence-corrected chi connectivity index (χ2v) is 7.88. The van der Waals surface area contributed by atoms with Gasteiger partial charge in [0.1, 0.15) is 0 Å². The average Bonchev–Trinajstić information content (AvgIpc) is 2.38. The van der Waals surface area contributed by atoms with Gasteiger partial charge in [-0.3, -0.25) is 4.79 Å². The number of rotatable bonds is 8. The average molecular weight is 324 g/mol. The maximum absolute atomic E-state index is 12.7. The van der Waals surface area contributed by atoms with Crippen LogP contribution in [0.3, 0.4) is 0 Å². The zero-order chi connectivity index (χ0) is 15.2. The summed E-state index contributed by atoms with van der Waals surface area (Å²) in [6.07, 6.45) is 1.38. The third kappa shape index (κ3) is 4.61. The molecule has 0 spiro atoms. The molecule has 1 aliphatic rings. The minimum atomic E-state index is -3.55. The lowest BCUT2D eigenvalue weighted by Crippen LogP contribution is -2.53. The van der Waals surface area contributed by atoms with E-state index in [9.17, 15) is 13.2 Å². The van der Waals surface area contributed by atoms with Crippen LogP contribution in [-0.4, -0.2) is 65.3 Å². The maximum Gasteiger partial charge on any atom is 0.305 e. The first kappa shape index (κ1) is 17.7. The first-order valence-electron chi connectivity index (χ1n) is 6.99. The van der Waals surface area contributed by atoms with Crippen molar-refractivity contribution in [3.8, 4) is 0 Å². The van der Waals surface area contributed by atoms with E-state index in [1.165, 1.54) is 8.61 Å². The van der Waals surface area contributed by atoms with Crippen molar-refractivity contribution >= 4 is 27.9 Å². The number of carboxylic acids is 1. The Balaban J connectivity index is 2.92. The lowest BCUT2D eigenvalue weighted by molar-refractivity contribution is -0.137. The molecule has 118 valence electrons. The Morgan fingerprint density at radius 2 is 1.95 bits per heavy atom. The lowest BCUT2D eigenvalue weighted by Gasteiger charge is -2.37. The van der Waals surface area contributed by atoms with E-state index in [1.54, 1.807) is 11.8 Å². The molecule has 0 aromatic rings. The summed E-state index contributed by atoms with van der Waals surface area (Å²) in [6.45, 7) is 5.26. The van der Waals surface area contributed by atoms with Gasteiger partial charge in [-0.2, -0.15) is 28.8 Å². The van der Waals surface area contributed by atoms with Crippen LogP contribution in [0.25, 0.3) is 0 Å². The highest BCUT2D eigenvalue weighted by molar-refractivity contribution is 7.99. The molecule has 0 saturated carbocycles. The second-order valence-electron chi connectivity index (χ2n) is 4.84. The van der Waals surface area contributed by atoms with Gasteiger partial charge >= 0.3 is 5.97 Å². The fourth-order valence-corrected chi connectivity index (χ4v) is 5.54. The van der Waals surface area contributed by atoms with Crippen LogP contribution in [0.2, 0.25) is 0 Å². The lowest BCUT2D eigenvalue weighted by atomic mass is 10.2. The van der Waals surface area contributed by atoms with Gasteiger partial charge in [0.2, 0.25) is 0 Å². The van der Waals surface area contributed by atoms with Crippen LogP contribution in [0, 0.1) is 0 Å². The first-order chi connectivity index (χ1) is 9.43. The molecular weight excluding hydrogens is 300 g/mol. The summed E-state index contributed by atoms with van der Waals surface area (Å²) < 4.78 is 28.3. The quantitative estimate of drug-likeness (QED) is 0.727. The summed E-state index contributed by atoms with van der Waals surface area (Å²) >= 11 is 1.62. The summed E-state index contributed by atoms with van der Waals surface area (Å²) in [4.78, 5) is 10.9. The van der Waals surface area contributed by atoms with Gasteiger partial charge in [0.05, 0.1) is 6.42 Å². The van der Waals surface area contributed by atoms with Crippen molar-refractivity contribution in [1.82, 2.24) is 8.61 Å². The van der Waals surface area contributed by atoms with Crippen molar-refractivity contribution in [3.05, 3.63) is 0 Å². The van der Waals surface area contributed by atoms with Crippen LogP contribution in [0.15, 0.2) is 0 Å². The topological polar surface area (TPSA) is 77.9 Å². The molecule has 8 heteroatoms. The third-order valence-electron chi connectivity index (χ3n) is 3.15. The summed E-state index contributed by atoms with van der Waals surface area (Å²) in [6, 6.07) is -0.438. The van der Waals surface area contributed by atoms with Crippen molar-refractivity contribution in [2.24, 2.45) is 0 Å². The fourth-order valence-electron chi connectivity index (χ4n) is 2.30. The molecule has 1 saturated heterocycles. The SMILES string of the molecule is CCCN(CCC)S(=O)(=O)N1CCSCC1CC(=O)O. The standard InChI is InChI=1S/C12H24N2O4S2/c1-3-5-13(6-4-2)20(17,18)14-7-8-19-10-11(14)9-12(15)16/h11H,3-10H2,1-2H3,(H,15,16). The van der Waals surface area contributed by atoms with E-state index >= 15 is 0 Å². The number of carbonyl (C=O) groups is 1. The minimum absolute atomic E-state index is 0.127. The zero-order valence-electron chi connectivity index (χ0n) is 12.1. The molecule has 1 N–H and O–H groups in total. The van der Waals surface area contributed by atoms with E-state index in [1.807, 2.05) is 13.8 Å². The van der Waals surface area contributed by atoms with Gasteiger partial charge in [-0.25, -0.2) is 0 Å². The van der Waals surface area contributed by atoms with E-state index in [-0.39, 0.29) is 6.42 Å². The van der Waals surface area contributed by atoms with Gasteiger partial charge in [-0.1, -0.05) is 13.8 Å². The fraction of sp³-hybridized carbons (Fsp3) is 0.917. The van der Waals surface area contributed by atoms with Crippen molar-refractivity contribution in [2.75, 3.05) is 31.1 Å². The summed E-state index contributed by atoms with van der Waals surface area (Å²) in [5.74, 6) is 0.328. The molecule has 1 unspecified atom stereocenters. The van der Waals surface area contributed by atoms with Gasteiger partial charge in [-0.15, -0.1) is 0 Å². The Kier molecular flexibility index (Phi) is 7.28. The molecule has 0 aromatic heterocycles. The normalized spacial score (nSPS) is 21.2. The Hall–Kier alpha value is -0.310. The molecule has 0 amide bonds. The number of hydrogen-bond donors (Lipinski definition) is 1. The molecule has 0 bridgehead atoms. The van der Waals surface area contributed by atoms with Crippen LogP contribution < -0.4 is 0 Å². The molecule has 1 atom stereocenters.